The second kappa shape index (κ2) is 6.22. The van der Waals surface area contributed by atoms with E-state index in [0.29, 0.717) is 0 Å². The lowest BCUT2D eigenvalue weighted by molar-refractivity contribution is 0.952. The zero-order valence-electron chi connectivity index (χ0n) is 14.0. The number of hydrogen-bond acceptors (Lipinski definition) is 3. The second-order valence-electron chi connectivity index (χ2n) is 5.89. The lowest BCUT2D eigenvalue weighted by atomic mass is 10.1. The maximum Gasteiger partial charge on any atom is 0.203 e. The van der Waals surface area contributed by atoms with E-state index in [-0.39, 0.29) is 0 Å². The first kappa shape index (κ1) is 15.7. The first-order valence-corrected chi connectivity index (χ1v) is 8.40. The van der Waals surface area contributed by atoms with Crippen LogP contribution in [0.15, 0.2) is 60.8 Å². The number of nitrogens with zero attached hydrogens (tertiary/aromatic N) is 3. The molecule has 0 bridgehead atoms. The van der Waals surface area contributed by atoms with Gasteiger partial charge in [0.15, 0.2) is 0 Å². The smallest absolute Gasteiger partial charge is 0.203 e. The van der Waals surface area contributed by atoms with Gasteiger partial charge in [-0.2, -0.15) is 0 Å². The van der Waals surface area contributed by atoms with Crippen molar-refractivity contribution in [2.24, 2.45) is 7.05 Å². The number of aromatic nitrogens is 3. The monoisotopic (exact) mass is 348 g/mol. The molecule has 0 unspecified atom stereocenters. The number of pyridine rings is 1. The molecule has 2 aromatic heterocycles. The van der Waals surface area contributed by atoms with Crippen molar-refractivity contribution >= 4 is 28.6 Å². The highest BCUT2D eigenvalue weighted by molar-refractivity contribution is 6.30. The number of halogens is 1. The molecule has 5 heteroatoms. The van der Waals surface area contributed by atoms with Crippen LogP contribution in [-0.2, 0) is 7.05 Å². The van der Waals surface area contributed by atoms with Crippen molar-refractivity contribution < 1.29 is 0 Å². The maximum atomic E-state index is 5.95. The molecule has 124 valence electrons. The van der Waals surface area contributed by atoms with Crippen LogP contribution in [0.5, 0.6) is 0 Å². The van der Waals surface area contributed by atoms with Crippen molar-refractivity contribution in [2.45, 2.75) is 0 Å². The first-order valence-electron chi connectivity index (χ1n) is 8.02. The van der Waals surface area contributed by atoms with Gasteiger partial charge in [0.2, 0.25) is 5.95 Å². The minimum absolute atomic E-state index is 0.734. The highest BCUT2D eigenvalue weighted by Gasteiger charge is 2.08. The third-order valence-electron chi connectivity index (χ3n) is 4.34. The van der Waals surface area contributed by atoms with Crippen molar-refractivity contribution in [3.05, 3.63) is 65.8 Å². The molecule has 0 saturated heterocycles. The summed E-state index contributed by atoms with van der Waals surface area (Å²) in [5.41, 5.74) is 6.19. The molecule has 4 nitrogen and oxygen atoms in total. The van der Waals surface area contributed by atoms with E-state index in [0.717, 1.165) is 44.4 Å². The quantitative estimate of drug-likeness (QED) is 0.566. The van der Waals surface area contributed by atoms with Gasteiger partial charge < -0.3 is 9.88 Å². The molecule has 0 spiro atoms. The standard InChI is InChI=1S/C20H17ClN4/c1-22-20-24-18-11-14(6-10-19(18)25(20)2)17-9-5-15(12-23-17)13-3-7-16(21)8-4-13/h3-12H,1-2H3,(H,22,24). The van der Waals surface area contributed by atoms with Gasteiger partial charge in [0.05, 0.1) is 16.7 Å². The van der Waals surface area contributed by atoms with Gasteiger partial charge in [-0.1, -0.05) is 35.9 Å². The van der Waals surface area contributed by atoms with E-state index in [1.807, 2.05) is 55.2 Å². The highest BCUT2D eigenvalue weighted by Crippen LogP contribution is 2.27. The fraction of sp³-hybridized carbons (Fsp3) is 0.100. The van der Waals surface area contributed by atoms with E-state index in [2.05, 4.69) is 39.6 Å². The first-order chi connectivity index (χ1) is 12.2. The second-order valence-corrected chi connectivity index (χ2v) is 6.32. The number of benzene rings is 2. The minimum atomic E-state index is 0.734. The van der Waals surface area contributed by atoms with Gasteiger partial charge in [-0.15, -0.1) is 0 Å². The fourth-order valence-corrected chi connectivity index (χ4v) is 3.09. The molecule has 4 aromatic rings. The molecule has 4 rings (SSSR count). The molecular formula is C20H17ClN4. The zero-order chi connectivity index (χ0) is 17.4. The van der Waals surface area contributed by atoms with Crippen LogP contribution in [-0.4, -0.2) is 21.6 Å². The minimum Gasteiger partial charge on any atom is -0.359 e. The number of nitrogens with one attached hydrogen (secondary N) is 1. The summed E-state index contributed by atoms with van der Waals surface area (Å²) in [5, 5.41) is 3.83. The van der Waals surface area contributed by atoms with Crippen molar-refractivity contribution in [1.82, 2.24) is 14.5 Å². The largest absolute Gasteiger partial charge is 0.359 e. The summed E-state index contributed by atoms with van der Waals surface area (Å²) >= 11 is 5.95. The van der Waals surface area contributed by atoms with Gasteiger partial charge in [0.25, 0.3) is 0 Å². The van der Waals surface area contributed by atoms with Crippen LogP contribution in [0.25, 0.3) is 33.4 Å². The summed E-state index contributed by atoms with van der Waals surface area (Å²) in [6.07, 6.45) is 1.89. The number of rotatable bonds is 3. The molecule has 0 aliphatic carbocycles. The van der Waals surface area contributed by atoms with E-state index in [9.17, 15) is 0 Å². The third kappa shape index (κ3) is 2.85. The van der Waals surface area contributed by atoms with Crippen LogP contribution < -0.4 is 5.32 Å². The van der Waals surface area contributed by atoms with Crippen molar-refractivity contribution in [3.8, 4) is 22.4 Å². The predicted octanol–water partition coefficient (Wildman–Crippen LogP) is 5.00. The Morgan fingerprint density at radius 2 is 1.64 bits per heavy atom. The molecule has 2 heterocycles. The van der Waals surface area contributed by atoms with E-state index in [4.69, 9.17) is 11.6 Å². The maximum absolute atomic E-state index is 5.95. The van der Waals surface area contributed by atoms with E-state index < -0.39 is 0 Å². The Kier molecular flexibility index (Phi) is 3.90. The summed E-state index contributed by atoms with van der Waals surface area (Å²) in [5.74, 6) is 0.846. The molecule has 0 aliphatic rings. The lowest BCUT2D eigenvalue weighted by Crippen LogP contribution is -1.97. The van der Waals surface area contributed by atoms with E-state index in [1.165, 1.54) is 0 Å². The van der Waals surface area contributed by atoms with Gasteiger partial charge in [0, 0.05) is 36.4 Å². The molecule has 0 fully saturated rings. The number of imidazole rings is 1. The van der Waals surface area contributed by atoms with Crippen LogP contribution in [0.4, 0.5) is 5.95 Å². The fourth-order valence-electron chi connectivity index (χ4n) is 2.96. The summed E-state index contributed by atoms with van der Waals surface area (Å²) in [7, 11) is 3.87. The Morgan fingerprint density at radius 3 is 2.32 bits per heavy atom. The van der Waals surface area contributed by atoms with Crippen LogP contribution in [0.1, 0.15) is 0 Å². The van der Waals surface area contributed by atoms with Crippen LogP contribution >= 0.6 is 11.6 Å². The Bertz CT molecular complexity index is 1030. The molecule has 0 radical (unpaired) electrons. The van der Waals surface area contributed by atoms with Gasteiger partial charge in [-0.05, 0) is 35.9 Å². The summed E-state index contributed by atoms with van der Waals surface area (Å²) in [4.78, 5) is 9.22. The van der Waals surface area contributed by atoms with E-state index in [1.54, 1.807) is 0 Å². The van der Waals surface area contributed by atoms with Crippen LogP contribution in [0.3, 0.4) is 0 Å². The predicted molar refractivity (Wildman–Crippen MR) is 104 cm³/mol. The van der Waals surface area contributed by atoms with Gasteiger partial charge in [-0.3, -0.25) is 4.98 Å². The average molecular weight is 349 g/mol. The zero-order valence-corrected chi connectivity index (χ0v) is 14.7. The summed E-state index contributed by atoms with van der Waals surface area (Å²) < 4.78 is 2.04. The van der Waals surface area contributed by atoms with Gasteiger partial charge in [-0.25, -0.2) is 4.98 Å². The Morgan fingerprint density at radius 1 is 0.920 bits per heavy atom. The number of aryl methyl sites for hydroxylation is 1. The van der Waals surface area contributed by atoms with Gasteiger partial charge in [0.1, 0.15) is 0 Å². The normalized spacial score (nSPS) is 11.0. The molecule has 0 atom stereocenters. The SMILES string of the molecule is CNc1nc2cc(-c3ccc(-c4ccc(Cl)cc4)cn3)ccc2n1C. The Hall–Kier alpha value is -2.85. The molecule has 25 heavy (non-hydrogen) atoms. The Balaban J connectivity index is 1.70. The lowest BCUT2D eigenvalue weighted by Gasteiger charge is -2.05. The molecule has 0 saturated carbocycles. The summed E-state index contributed by atoms with van der Waals surface area (Å²) in [6.45, 7) is 0. The van der Waals surface area contributed by atoms with E-state index >= 15 is 0 Å². The Labute approximate surface area is 151 Å². The number of anilines is 1. The molecule has 0 amide bonds. The molecule has 1 N–H and O–H groups in total. The third-order valence-corrected chi connectivity index (χ3v) is 4.59. The summed E-state index contributed by atoms with van der Waals surface area (Å²) in [6, 6.07) is 18.1. The molecular weight excluding hydrogens is 332 g/mol. The van der Waals surface area contributed by atoms with Crippen molar-refractivity contribution in [3.63, 3.8) is 0 Å². The van der Waals surface area contributed by atoms with Crippen LogP contribution in [0, 0.1) is 0 Å². The number of hydrogen-bond donors (Lipinski definition) is 1. The van der Waals surface area contributed by atoms with Crippen LogP contribution in [0.2, 0.25) is 5.02 Å². The average Bonchev–Trinajstić information content (AvgIpc) is 2.98. The van der Waals surface area contributed by atoms with Crippen molar-refractivity contribution in [1.29, 1.82) is 0 Å². The van der Waals surface area contributed by atoms with Crippen molar-refractivity contribution in [2.75, 3.05) is 12.4 Å². The molecule has 0 aliphatic heterocycles. The highest BCUT2D eigenvalue weighted by atomic mass is 35.5. The number of fused-ring (bicyclic) bond motifs is 1. The topological polar surface area (TPSA) is 42.7 Å². The van der Waals surface area contributed by atoms with Gasteiger partial charge >= 0.3 is 0 Å². The molecule has 2 aromatic carbocycles.